The topological polar surface area (TPSA) is 67.0 Å². The van der Waals surface area contributed by atoms with Gasteiger partial charge in [0.2, 0.25) is 0 Å². The van der Waals surface area contributed by atoms with Crippen molar-refractivity contribution in [2.45, 2.75) is 18.9 Å². The number of hydrogen-bond acceptors (Lipinski definition) is 3. The van der Waals surface area contributed by atoms with Gasteiger partial charge < -0.3 is 4.98 Å². The number of aryl methyl sites for hydroxylation is 1. The van der Waals surface area contributed by atoms with Crippen LogP contribution in [0.25, 0.3) is 0 Å². The molecule has 1 N–H and O–H groups in total. The number of nitrogens with one attached hydrogen (secondary N) is 1. The Bertz CT molecular complexity index is 459. The van der Waals surface area contributed by atoms with Gasteiger partial charge >= 0.3 is 0 Å². The fourth-order valence-corrected chi connectivity index (χ4v) is 1.70. The zero-order chi connectivity index (χ0) is 10.1. The van der Waals surface area contributed by atoms with Crippen molar-refractivity contribution in [3.05, 3.63) is 28.0 Å². The van der Waals surface area contributed by atoms with Crippen LogP contribution < -0.4 is 5.56 Å². The fourth-order valence-electron chi connectivity index (χ4n) is 0.865. The smallest absolute Gasteiger partial charge is 0.251 e. The summed E-state index contributed by atoms with van der Waals surface area (Å²) in [5.74, 6) is -0.00794. The van der Waals surface area contributed by atoms with E-state index in [2.05, 4.69) is 4.98 Å². The number of rotatable bonds is 2. The predicted octanol–water partition coefficient (Wildman–Crippen LogP) is 0.477. The second kappa shape index (κ2) is 3.33. The number of aromatic amines is 1. The van der Waals surface area contributed by atoms with Gasteiger partial charge in [0.25, 0.3) is 5.56 Å². The maximum absolute atomic E-state index is 11.3. The molecule has 1 heterocycles. The summed E-state index contributed by atoms with van der Waals surface area (Å²) in [6.07, 6.45) is 0. The second-order valence-electron chi connectivity index (χ2n) is 2.74. The highest BCUT2D eigenvalue weighted by molar-refractivity contribution is 7.91. The minimum Gasteiger partial charge on any atom is -0.313 e. The third-order valence-corrected chi connectivity index (χ3v) is 3.46. The third-order valence-electron chi connectivity index (χ3n) is 1.79. The van der Waals surface area contributed by atoms with E-state index in [1.807, 2.05) is 0 Å². The van der Waals surface area contributed by atoms with Crippen LogP contribution in [-0.4, -0.2) is 19.2 Å². The molecule has 1 aromatic heterocycles. The Morgan fingerprint density at radius 2 is 2.00 bits per heavy atom. The molecule has 0 unspecified atom stereocenters. The summed E-state index contributed by atoms with van der Waals surface area (Å²) >= 11 is 0. The first-order valence-corrected chi connectivity index (χ1v) is 5.55. The molecule has 0 bridgehead atoms. The molecular weight excluding hydrogens is 190 g/mol. The number of aromatic nitrogens is 1. The zero-order valence-corrected chi connectivity index (χ0v) is 8.31. The fraction of sp³-hybridized carbons (Fsp3) is 0.375. The van der Waals surface area contributed by atoms with Crippen LogP contribution in [0.5, 0.6) is 0 Å². The Balaban J connectivity index is 3.36. The number of H-pyrrole nitrogens is 1. The number of hydrogen-bond donors (Lipinski definition) is 1. The molecule has 0 radical (unpaired) electrons. The van der Waals surface area contributed by atoms with E-state index in [-0.39, 0.29) is 16.3 Å². The molecule has 0 aliphatic heterocycles. The standard InChI is InChI=1S/C8H11NO3S/c1-3-13(11,12)7-5-4-6(2)8(10)9-7/h4-5H,3H2,1-2H3,(H,9,10). The molecule has 0 amide bonds. The molecule has 0 atom stereocenters. The van der Waals surface area contributed by atoms with Crippen LogP contribution in [0.2, 0.25) is 0 Å². The van der Waals surface area contributed by atoms with E-state index in [0.717, 1.165) is 0 Å². The summed E-state index contributed by atoms with van der Waals surface area (Å²) in [5.41, 5.74) is 0.157. The first-order valence-electron chi connectivity index (χ1n) is 3.90. The Labute approximate surface area is 76.5 Å². The van der Waals surface area contributed by atoms with Crippen LogP contribution in [0.4, 0.5) is 0 Å². The van der Waals surface area contributed by atoms with E-state index in [0.29, 0.717) is 5.56 Å². The van der Waals surface area contributed by atoms with Crippen molar-refractivity contribution in [3.8, 4) is 0 Å². The minimum absolute atomic E-state index is 0.00794. The summed E-state index contributed by atoms with van der Waals surface area (Å²) in [7, 11) is -3.29. The molecular formula is C8H11NO3S. The lowest BCUT2D eigenvalue weighted by Gasteiger charge is -2.00. The summed E-state index contributed by atoms with van der Waals surface area (Å²) in [6.45, 7) is 3.16. The summed E-state index contributed by atoms with van der Waals surface area (Å²) in [5, 5.41) is -0.00870. The van der Waals surface area contributed by atoms with E-state index in [1.54, 1.807) is 6.92 Å². The molecule has 72 valence electrons. The Hall–Kier alpha value is -1.10. The van der Waals surface area contributed by atoms with Gasteiger partial charge in [-0.15, -0.1) is 0 Å². The van der Waals surface area contributed by atoms with Crippen molar-refractivity contribution < 1.29 is 8.42 Å². The van der Waals surface area contributed by atoms with Crippen molar-refractivity contribution in [2.75, 3.05) is 5.75 Å². The maximum Gasteiger partial charge on any atom is 0.251 e. The highest BCUT2D eigenvalue weighted by Crippen LogP contribution is 2.04. The lowest BCUT2D eigenvalue weighted by atomic mass is 10.3. The van der Waals surface area contributed by atoms with Gasteiger partial charge in [0.1, 0.15) is 5.03 Å². The van der Waals surface area contributed by atoms with Gasteiger partial charge in [0, 0.05) is 5.56 Å². The van der Waals surface area contributed by atoms with Gasteiger partial charge in [0.05, 0.1) is 5.75 Å². The first kappa shape index (κ1) is 9.98. The van der Waals surface area contributed by atoms with Gasteiger partial charge in [-0.05, 0) is 13.0 Å². The van der Waals surface area contributed by atoms with E-state index in [9.17, 15) is 13.2 Å². The lowest BCUT2D eigenvalue weighted by molar-refractivity contribution is 0.593. The predicted molar refractivity (Wildman–Crippen MR) is 49.5 cm³/mol. The van der Waals surface area contributed by atoms with Crippen LogP contribution in [0, 0.1) is 6.92 Å². The van der Waals surface area contributed by atoms with E-state index >= 15 is 0 Å². The molecule has 0 fully saturated rings. The Morgan fingerprint density at radius 1 is 1.38 bits per heavy atom. The second-order valence-corrected chi connectivity index (χ2v) is 4.98. The maximum atomic E-state index is 11.3. The first-order chi connectivity index (χ1) is 5.97. The zero-order valence-electron chi connectivity index (χ0n) is 7.49. The number of pyridine rings is 1. The molecule has 5 heteroatoms. The van der Waals surface area contributed by atoms with Crippen molar-refractivity contribution in [1.29, 1.82) is 0 Å². The van der Waals surface area contributed by atoms with Crippen molar-refractivity contribution >= 4 is 9.84 Å². The van der Waals surface area contributed by atoms with Crippen molar-refractivity contribution in [3.63, 3.8) is 0 Å². The highest BCUT2D eigenvalue weighted by Gasteiger charge is 2.12. The molecule has 0 spiro atoms. The molecule has 1 aromatic rings. The third kappa shape index (κ3) is 1.98. The lowest BCUT2D eigenvalue weighted by Crippen LogP contribution is -2.15. The average Bonchev–Trinajstić information content (AvgIpc) is 2.09. The normalized spacial score (nSPS) is 11.5. The quantitative estimate of drug-likeness (QED) is 0.756. The van der Waals surface area contributed by atoms with Crippen molar-refractivity contribution in [1.82, 2.24) is 4.98 Å². The molecule has 4 nitrogen and oxygen atoms in total. The average molecular weight is 201 g/mol. The number of sulfone groups is 1. The Morgan fingerprint density at radius 3 is 2.46 bits per heavy atom. The molecule has 1 rings (SSSR count). The van der Waals surface area contributed by atoms with Gasteiger partial charge in [0.15, 0.2) is 9.84 Å². The minimum atomic E-state index is -3.29. The van der Waals surface area contributed by atoms with E-state index in [4.69, 9.17) is 0 Å². The molecule has 0 aliphatic rings. The van der Waals surface area contributed by atoms with Crippen LogP contribution in [0.1, 0.15) is 12.5 Å². The van der Waals surface area contributed by atoms with Crippen LogP contribution in [-0.2, 0) is 9.84 Å². The van der Waals surface area contributed by atoms with Crippen molar-refractivity contribution in [2.24, 2.45) is 0 Å². The largest absolute Gasteiger partial charge is 0.313 e. The van der Waals surface area contributed by atoms with Crippen LogP contribution in [0.3, 0.4) is 0 Å². The molecule has 0 aromatic carbocycles. The summed E-state index contributed by atoms with van der Waals surface area (Å²) < 4.78 is 22.6. The highest BCUT2D eigenvalue weighted by atomic mass is 32.2. The summed E-state index contributed by atoms with van der Waals surface area (Å²) in [4.78, 5) is 13.4. The van der Waals surface area contributed by atoms with E-state index in [1.165, 1.54) is 19.1 Å². The van der Waals surface area contributed by atoms with Gasteiger partial charge in [-0.3, -0.25) is 4.79 Å². The molecule has 0 saturated heterocycles. The van der Waals surface area contributed by atoms with Gasteiger partial charge in [-0.1, -0.05) is 13.0 Å². The Kier molecular flexibility index (Phi) is 2.56. The molecule has 0 aliphatic carbocycles. The van der Waals surface area contributed by atoms with Gasteiger partial charge in [-0.25, -0.2) is 8.42 Å². The SMILES string of the molecule is CCS(=O)(=O)c1ccc(C)c(=O)[nH]1. The van der Waals surface area contributed by atoms with Crippen LogP contribution in [0.15, 0.2) is 22.0 Å². The monoisotopic (exact) mass is 201 g/mol. The van der Waals surface area contributed by atoms with Gasteiger partial charge in [-0.2, -0.15) is 0 Å². The van der Waals surface area contributed by atoms with E-state index < -0.39 is 9.84 Å². The molecule has 0 saturated carbocycles. The van der Waals surface area contributed by atoms with Crippen LogP contribution >= 0.6 is 0 Å². The summed E-state index contributed by atoms with van der Waals surface area (Å²) in [6, 6.07) is 2.91. The molecule has 13 heavy (non-hydrogen) atoms.